The maximum absolute atomic E-state index is 13.6. The van der Waals surface area contributed by atoms with Crippen LogP contribution in [0, 0.1) is 5.82 Å². The fraction of sp³-hybridized carbons (Fsp3) is 0. The van der Waals surface area contributed by atoms with Crippen LogP contribution in [-0.2, 0) is 0 Å². The van der Waals surface area contributed by atoms with Crippen molar-refractivity contribution in [3.63, 3.8) is 0 Å². The van der Waals surface area contributed by atoms with Gasteiger partial charge in [0, 0.05) is 22.0 Å². The summed E-state index contributed by atoms with van der Waals surface area (Å²) in [6, 6.07) is 32.8. The molecule has 1 nitrogen and oxygen atoms in total. The molecule has 0 radical (unpaired) electrons. The van der Waals surface area contributed by atoms with Gasteiger partial charge in [0.25, 0.3) is 0 Å². The van der Waals surface area contributed by atoms with Crippen molar-refractivity contribution in [3.05, 3.63) is 103 Å². The highest BCUT2D eigenvalue weighted by molar-refractivity contribution is 6.26. The minimum atomic E-state index is -0.220. The van der Waals surface area contributed by atoms with E-state index in [1.165, 1.54) is 55.9 Å². The molecule has 1 aromatic heterocycles. The van der Waals surface area contributed by atoms with Gasteiger partial charge in [0.2, 0.25) is 0 Å². The molecule has 0 bridgehead atoms. The lowest BCUT2D eigenvalue weighted by molar-refractivity contribution is 0.627. The molecule has 1 aliphatic rings. The summed E-state index contributed by atoms with van der Waals surface area (Å²) >= 11 is 0. The van der Waals surface area contributed by atoms with Crippen LogP contribution in [0.25, 0.3) is 60.5 Å². The molecule has 0 saturated heterocycles. The smallest absolute Gasteiger partial charge is 0.123 e. The molecule has 1 aliphatic carbocycles. The first kappa shape index (κ1) is 15.9. The van der Waals surface area contributed by atoms with Gasteiger partial charge in [-0.2, -0.15) is 0 Å². The van der Waals surface area contributed by atoms with Gasteiger partial charge in [-0.25, -0.2) is 4.39 Å². The minimum absolute atomic E-state index is 0.220. The summed E-state index contributed by atoms with van der Waals surface area (Å²) in [5.41, 5.74) is 8.44. The Bertz CT molecular complexity index is 1630. The molecule has 0 unspecified atom stereocenters. The molecule has 0 atom stereocenters. The van der Waals surface area contributed by atoms with Gasteiger partial charge in [0.05, 0.1) is 11.0 Å². The fourth-order valence-corrected chi connectivity index (χ4v) is 5.21. The number of rotatable bonds is 1. The predicted molar refractivity (Wildman–Crippen MR) is 123 cm³/mol. The van der Waals surface area contributed by atoms with Crippen LogP contribution >= 0.6 is 0 Å². The second-order valence-corrected chi connectivity index (χ2v) is 7.92. The Hall–Kier alpha value is -3.91. The van der Waals surface area contributed by atoms with Crippen molar-refractivity contribution >= 4 is 32.6 Å². The molecule has 0 amide bonds. The Morgan fingerprint density at radius 1 is 0.533 bits per heavy atom. The number of para-hydroxylation sites is 1. The maximum Gasteiger partial charge on any atom is 0.123 e. The number of fused-ring (bicyclic) bond motifs is 7. The van der Waals surface area contributed by atoms with Crippen molar-refractivity contribution in [1.29, 1.82) is 0 Å². The second-order valence-electron chi connectivity index (χ2n) is 7.92. The number of halogens is 1. The molecular formula is C28H16FN. The van der Waals surface area contributed by atoms with E-state index in [0.717, 1.165) is 16.7 Å². The summed E-state index contributed by atoms with van der Waals surface area (Å²) < 4.78 is 15.8. The quantitative estimate of drug-likeness (QED) is 0.272. The van der Waals surface area contributed by atoms with E-state index in [9.17, 15) is 4.39 Å². The molecule has 5 aromatic carbocycles. The molecule has 0 fully saturated rings. The third-order valence-corrected chi connectivity index (χ3v) is 6.39. The predicted octanol–water partition coefficient (Wildman–Crippen LogP) is 7.72. The van der Waals surface area contributed by atoms with E-state index in [1.54, 1.807) is 0 Å². The first-order valence-corrected chi connectivity index (χ1v) is 10.2. The van der Waals surface area contributed by atoms with E-state index >= 15 is 0 Å². The van der Waals surface area contributed by atoms with Crippen LogP contribution in [0.4, 0.5) is 4.39 Å². The second kappa shape index (κ2) is 5.58. The van der Waals surface area contributed by atoms with Crippen LogP contribution in [0.5, 0.6) is 0 Å². The Labute approximate surface area is 172 Å². The molecule has 0 saturated carbocycles. The van der Waals surface area contributed by atoms with E-state index in [-0.39, 0.29) is 5.82 Å². The number of aromatic nitrogens is 1. The van der Waals surface area contributed by atoms with Gasteiger partial charge >= 0.3 is 0 Å². The van der Waals surface area contributed by atoms with Crippen molar-refractivity contribution < 1.29 is 4.39 Å². The SMILES string of the molecule is Fc1ccc(-n2c3ccccc3c3c4c(ccc32)-c2cccc3cccc-4c23)cc1. The average molecular weight is 385 g/mol. The summed E-state index contributed by atoms with van der Waals surface area (Å²) in [7, 11) is 0. The lowest BCUT2D eigenvalue weighted by Gasteiger charge is -2.09. The molecule has 0 spiro atoms. The highest BCUT2D eigenvalue weighted by atomic mass is 19.1. The largest absolute Gasteiger partial charge is 0.309 e. The highest BCUT2D eigenvalue weighted by Crippen LogP contribution is 2.52. The normalized spacial score (nSPS) is 12.2. The molecule has 1 heterocycles. The van der Waals surface area contributed by atoms with Crippen molar-refractivity contribution in [2.45, 2.75) is 0 Å². The van der Waals surface area contributed by atoms with E-state index in [1.807, 2.05) is 12.1 Å². The van der Waals surface area contributed by atoms with Crippen LogP contribution in [0.3, 0.4) is 0 Å². The zero-order chi connectivity index (χ0) is 19.8. The van der Waals surface area contributed by atoms with Crippen LogP contribution < -0.4 is 0 Å². The first-order chi connectivity index (χ1) is 14.8. The Morgan fingerprint density at radius 3 is 2.13 bits per heavy atom. The van der Waals surface area contributed by atoms with E-state index in [2.05, 4.69) is 77.4 Å². The number of hydrogen-bond donors (Lipinski definition) is 0. The van der Waals surface area contributed by atoms with Gasteiger partial charge in [-0.15, -0.1) is 0 Å². The van der Waals surface area contributed by atoms with Crippen molar-refractivity contribution in [3.8, 4) is 27.9 Å². The zero-order valence-corrected chi connectivity index (χ0v) is 16.1. The number of hydrogen-bond acceptors (Lipinski definition) is 0. The van der Waals surface area contributed by atoms with Crippen LogP contribution in [0.15, 0.2) is 97.1 Å². The highest BCUT2D eigenvalue weighted by Gasteiger charge is 2.26. The Balaban J connectivity index is 1.70. The summed E-state index contributed by atoms with van der Waals surface area (Å²) in [5, 5.41) is 5.09. The average Bonchev–Trinajstić information content (AvgIpc) is 3.29. The Morgan fingerprint density at radius 2 is 1.30 bits per heavy atom. The van der Waals surface area contributed by atoms with Crippen molar-refractivity contribution in [2.75, 3.05) is 0 Å². The minimum Gasteiger partial charge on any atom is -0.309 e. The number of benzene rings is 5. The molecule has 6 aromatic rings. The van der Waals surface area contributed by atoms with Crippen molar-refractivity contribution in [2.24, 2.45) is 0 Å². The summed E-state index contributed by atoms with van der Waals surface area (Å²) in [5.74, 6) is -0.220. The number of nitrogens with zero attached hydrogens (tertiary/aromatic N) is 1. The van der Waals surface area contributed by atoms with Gasteiger partial charge in [-0.05, 0) is 63.9 Å². The summed E-state index contributed by atoms with van der Waals surface area (Å²) in [6.45, 7) is 0. The van der Waals surface area contributed by atoms with Gasteiger partial charge in [-0.1, -0.05) is 60.7 Å². The van der Waals surface area contributed by atoms with Crippen LogP contribution in [0.2, 0.25) is 0 Å². The summed E-state index contributed by atoms with van der Waals surface area (Å²) in [4.78, 5) is 0. The Kier molecular flexibility index (Phi) is 2.97. The van der Waals surface area contributed by atoms with E-state index < -0.39 is 0 Å². The fourth-order valence-electron chi connectivity index (χ4n) is 5.21. The van der Waals surface area contributed by atoms with Crippen LogP contribution in [-0.4, -0.2) is 4.57 Å². The standard InChI is InChI=1S/C28H16FN/c29-18-11-13-19(14-12-18)30-24-10-2-1-7-22(24)28-25(30)16-15-21-20-8-3-5-17-6-4-9-23(26(17)20)27(21)28/h1-16H. The molecule has 0 aliphatic heterocycles. The van der Waals surface area contributed by atoms with Gasteiger partial charge < -0.3 is 4.57 Å². The monoisotopic (exact) mass is 385 g/mol. The molecule has 30 heavy (non-hydrogen) atoms. The van der Waals surface area contributed by atoms with Gasteiger partial charge in [0.1, 0.15) is 5.82 Å². The van der Waals surface area contributed by atoms with Crippen molar-refractivity contribution in [1.82, 2.24) is 4.57 Å². The molecular weight excluding hydrogens is 369 g/mol. The third kappa shape index (κ3) is 1.91. The van der Waals surface area contributed by atoms with Gasteiger partial charge in [0.15, 0.2) is 0 Å². The third-order valence-electron chi connectivity index (χ3n) is 6.39. The first-order valence-electron chi connectivity index (χ1n) is 10.2. The van der Waals surface area contributed by atoms with E-state index in [0.29, 0.717) is 0 Å². The van der Waals surface area contributed by atoms with Crippen LogP contribution in [0.1, 0.15) is 0 Å². The maximum atomic E-state index is 13.6. The molecule has 2 heteroatoms. The van der Waals surface area contributed by atoms with Gasteiger partial charge in [-0.3, -0.25) is 0 Å². The molecule has 0 N–H and O–H groups in total. The summed E-state index contributed by atoms with van der Waals surface area (Å²) in [6.07, 6.45) is 0. The topological polar surface area (TPSA) is 4.93 Å². The van der Waals surface area contributed by atoms with E-state index in [4.69, 9.17) is 0 Å². The lowest BCUT2D eigenvalue weighted by Crippen LogP contribution is -1.93. The zero-order valence-electron chi connectivity index (χ0n) is 16.1. The molecule has 7 rings (SSSR count). The molecule has 140 valence electrons. The lowest BCUT2D eigenvalue weighted by atomic mass is 9.98.